The largest absolute Gasteiger partial charge is 0.481 e. The molecule has 0 heterocycles. The average molecular weight is 289 g/mol. The number of amides is 1. The molecule has 0 bridgehead atoms. The second kappa shape index (κ2) is 6.68. The molecule has 7 heteroatoms. The fourth-order valence-electron chi connectivity index (χ4n) is 1.95. The minimum Gasteiger partial charge on any atom is -0.481 e. The first-order chi connectivity index (χ1) is 8.81. The molecule has 0 aromatic rings. The first-order valence-electron chi connectivity index (χ1n) is 6.00. The van der Waals surface area contributed by atoms with Gasteiger partial charge < -0.3 is 16.2 Å². The third-order valence-electron chi connectivity index (χ3n) is 2.91. The van der Waals surface area contributed by atoms with Gasteiger partial charge in [0.05, 0.1) is 11.2 Å². The predicted molar refractivity (Wildman–Crippen MR) is 69.2 cm³/mol. The van der Waals surface area contributed by atoms with Gasteiger partial charge in [0.1, 0.15) is 5.92 Å². The van der Waals surface area contributed by atoms with Gasteiger partial charge in [-0.3, -0.25) is 14.4 Å². The van der Waals surface area contributed by atoms with Crippen molar-refractivity contribution in [2.24, 2.45) is 17.6 Å². The highest BCUT2D eigenvalue weighted by atomic mass is 35.5. The highest BCUT2D eigenvalue weighted by Crippen LogP contribution is 2.28. The minimum atomic E-state index is -1.21. The van der Waals surface area contributed by atoms with Crippen LogP contribution in [0.4, 0.5) is 0 Å². The summed E-state index contributed by atoms with van der Waals surface area (Å²) < 4.78 is 0. The van der Waals surface area contributed by atoms with E-state index in [1.165, 1.54) is 6.08 Å². The zero-order chi connectivity index (χ0) is 14.6. The maximum absolute atomic E-state index is 11.7. The van der Waals surface area contributed by atoms with E-state index < -0.39 is 24.0 Å². The zero-order valence-electron chi connectivity index (χ0n) is 10.6. The summed E-state index contributed by atoms with van der Waals surface area (Å²) in [4.78, 5) is 34.1. The first-order valence-corrected chi connectivity index (χ1v) is 6.38. The molecule has 0 aromatic heterocycles. The topological polar surface area (TPSA) is 109 Å². The number of allylic oxidation sites excluding steroid dienone is 2. The molecular weight excluding hydrogens is 272 g/mol. The molecule has 4 N–H and O–H groups in total. The fraction of sp³-hybridized carbons (Fsp3) is 0.583. The third kappa shape index (κ3) is 4.65. The Balaban J connectivity index is 2.72. The van der Waals surface area contributed by atoms with Gasteiger partial charge in [0, 0.05) is 6.42 Å². The summed E-state index contributed by atoms with van der Waals surface area (Å²) in [5.41, 5.74) is 5.40. The van der Waals surface area contributed by atoms with Gasteiger partial charge in [-0.25, -0.2) is 0 Å². The van der Waals surface area contributed by atoms with Crippen LogP contribution in [-0.2, 0) is 14.4 Å². The van der Waals surface area contributed by atoms with Crippen LogP contribution >= 0.6 is 11.6 Å². The Kier molecular flexibility index (Phi) is 5.50. The highest BCUT2D eigenvalue weighted by molar-refractivity contribution is 6.42. The molecular formula is C12H17ClN2O4. The molecule has 0 saturated carbocycles. The Morgan fingerprint density at radius 3 is 2.74 bits per heavy atom. The molecule has 0 radical (unpaired) electrons. The van der Waals surface area contributed by atoms with E-state index in [1.807, 2.05) is 0 Å². The fourth-order valence-corrected chi connectivity index (χ4v) is 2.23. The lowest BCUT2D eigenvalue weighted by Gasteiger charge is -2.21. The van der Waals surface area contributed by atoms with Gasteiger partial charge in [0.15, 0.2) is 5.78 Å². The summed E-state index contributed by atoms with van der Waals surface area (Å²) in [6.07, 6.45) is 1.81. The molecule has 1 rings (SSSR count). The molecule has 1 amide bonds. The number of aliphatic carboxylic acids is 1. The number of nitrogens with two attached hydrogens (primary N) is 1. The van der Waals surface area contributed by atoms with Gasteiger partial charge in [0.25, 0.3) is 0 Å². The van der Waals surface area contributed by atoms with Crippen LogP contribution in [-0.4, -0.2) is 28.9 Å². The van der Waals surface area contributed by atoms with Gasteiger partial charge in [0.2, 0.25) is 5.91 Å². The summed E-state index contributed by atoms with van der Waals surface area (Å²) in [6, 6.07) is 0. The normalized spacial score (nSPS) is 22.4. The number of carboxylic acids is 1. The Bertz CT molecular complexity index is 420. The Morgan fingerprint density at radius 1 is 1.63 bits per heavy atom. The third-order valence-corrected chi connectivity index (χ3v) is 3.25. The van der Waals surface area contributed by atoms with Crippen molar-refractivity contribution in [2.75, 3.05) is 0 Å². The highest BCUT2D eigenvalue weighted by Gasteiger charge is 2.31. The van der Waals surface area contributed by atoms with Crippen LogP contribution in [0.2, 0.25) is 0 Å². The standard InChI is InChI=1S/C12H17ClN2O4/c1-6(14)15-11(17)8(12(18)19)4-7-2-3-10(16)9(13)5-7/h5-8H,2-4,14H2,1H3,(H,15,17)(H,18,19). The summed E-state index contributed by atoms with van der Waals surface area (Å²) in [7, 11) is 0. The smallest absolute Gasteiger partial charge is 0.316 e. The van der Waals surface area contributed by atoms with Crippen LogP contribution in [0.1, 0.15) is 26.2 Å². The van der Waals surface area contributed by atoms with Crippen LogP contribution in [0.15, 0.2) is 11.1 Å². The van der Waals surface area contributed by atoms with E-state index in [9.17, 15) is 14.4 Å². The lowest BCUT2D eigenvalue weighted by Crippen LogP contribution is -2.44. The monoisotopic (exact) mass is 288 g/mol. The molecule has 0 aromatic carbocycles. The minimum absolute atomic E-state index is 0.109. The summed E-state index contributed by atoms with van der Waals surface area (Å²) >= 11 is 5.73. The molecule has 106 valence electrons. The van der Waals surface area contributed by atoms with E-state index in [4.69, 9.17) is 22.4 Å². The van der Waals surface area contributed by atoms with Crippen LogP contribution in [0.5, 0.6) is 0 Å². The summed E-state index contributed by atoms with van der Waals surface area (Å²) in [5.74, 6) is -3.36. The molecule has 19 heavy (non-hydrogen) atoms. The van der Waals surface area contributed by atoms with Gasteiger partial charge >= 0.3 is 5.97 Å². The number of carboxylic acid groups (broad SMARTS) is 1. The molecule has 0 spiro atoms. The molecule has 1 aliphatic rings. The second-order valence-electron chi connectivity index (χ2n) is 4.66. The number of carbonyl (C=O) groups is 3. The maximum Gasteiger partial charge on any atom is 0.316 e. The van der Waals surface area contributed by atoms with Crippen molar-refractivity contribution in [2.45, 2.75) is 32.4 Å². The van der Waals surface area contributed by atoms with E-state index in [-0.39, 0.29) is 29.6 Å². The summed E-state index contributed by atoms with van der Waals surface area (Å²) in [6.45, 7) is 1.55. The molecule has 0 saturated heterocycles. The lowest BCUT2D eigenvalue weighted by molar-refractivity contribution is -0.147. The SMILES string of the molecule is CC(N)NC(=O)C(CC1C=C(Cl)C(=O)CC1)C(=O)O. The van der Waals surface area contributed by atoms with Crippen LogP contribution in [0.3, 0.4) is 0 Å². The average Bonchev–Trinajstić information content (AvgIpc) is 2.29. The number of hydrogen-bond donors (Lipinski definition) is 3. The van der Waals surface area contributed by atoms with Crippen molar-refractivity contribution in [3.63, 3.8) is 0 Å². The van der Waals surface area contributed by atoms with Gasteiger partial charge in [-0.15, -0.1) is 0 Å². The first kappa shape index (κ1) is 15.7. The van der Waals surface area contributed by atoms with Crippen LogP contribution in [0.25, 0.3) is 0 Å². The van der Waals surface area contributed by atoms with Crippen molar-refractivity contribution < 1.29 is 19.5 Å². The Hall–Kier alpha value is -1.40. The van der Waals surface area contributed by atoms with Crippen molar-refractivity contribution >= 4 is 29.3 Å². The molecule has 6 nitrogen and oxygen atoms in total. The molecule has 0 fully saturated rings. The number of hydrogen-bond acceptors (Lipinski definition) is 4. The molecule has 3 unspecified atom stereocenters. The van der Waals surface area contributed by atoms with Crippen molar-refractivity contribution in [3.8, 4) is 0 Å². The van der Waals surface area contributed by atoms with E-state index in [2.05, 4.69) is 5.32 Å². The van der Waals surface area contributed by atoms with Gasteiger partial charge in [-0.1, -0.05) is 17.7 Å². The van der Waals surface area contributed by atoms with E-state index in [0.717, 1.165) is 0 Å². The number of carbonyl (C=O) groups excluding carboxylic acids is 2. The van der Waals surface area contributed by atoms with Gasteiger partial charge in [-0.05, 0) is 25.7 Å². The summed E-state index contributed by atoms with van der Waals surface area (Å²) in [5, 5.41) is 11.6. The number of nitrogens with one attached hydrogen (secondary N) is 1. The quantitative estimate of drug-likeness (QED) is 0.507. The molecule has 3 atom stereocenters. The number of rotatable bonds is 5. The maximum atomic E-state index is 11.7. The predicted octanol–water partition coefficient (Wildman–Crippen LogP) is 0.600. The number of halogens is 1. The molecule has 0 aliphatic heterocycles. The Labute approximate surface area is 116 Å². The van der Waals surface area contributed by atoms with Crippen molar-refractivity contribution in [1.29, 1.82) is 0 Å². The van der Waals surface area contributed by atoms with Crippen molar-refractivity contribution in [3.05, 3.63) is 11.1 Å². The van der Waals surface area contributed by atoms with Gasteiger partial charge in [-0.2, -0.15) is 0 Å². The number of ketones is 1. The van der Waals surface area contributed by atoms with E-state index in [1.54, 1.807) is 6.92 Å². The zero-order valence-corrected chi connectivity index (χ0v) is 11.3. The molecule has 1 aliphatic carbocycles. The van der Waals surface area contributed by atoms with E-state index in [0.29, 0.717) is 6.42 Å². The van der Waals surface area contributed by atoms with E-state index >= 15 is 0 Å². The van der Waals surface area contributed by atoms with Crippen LogP contribution in [0, 0.1) is 11.8 Å². The van der Waals surface area contributed by atoms with Crippen LogP contribution < -0.4 is 11.1 Å². The van der Waals surface area contributed by atoms with Crippen molar-refractivity contribution in [1.82, 2.24) is 5.32 Å². The Morgan fingerprint density at radius 2 is 2.26 bits per heavy atom. The lowest BCUT2D eigenvalue weighted by atomic mass is 9.86. The number of Topliss-reactive ketones (excluding diaryl/α,β-unsaturated/α-hetero) is 1. The second-order valence-corrected chi connectivity index (χ2v) is 5.07.